The molecule has 506 valence electrons. The van der Waals surface area contributed by atoms with E-state index in [0.29, 0.717) is 92.4 Å². The largest absolute Gasteiger partial charge is 0.507 e. The summed E-state index contributed by atoms with van der Waals surface area (Å²) in [5.74, 6) is -23.5. The zero-order valence-corrected chi connectivity index (χ0v) is 53.4. The van der Waals surface area contributed by atoms with E-state index in [4.69, 9.17) is 9.47 Å². The molecule has 6 aromatic carbocycles. The number of hydrogen-bond acceptors (Lipinski definition) is 17. The zero-order chi connectivity index (χ0) is 70.9. The highest BCUT2D eigenvalue weighted by atomic mass is 16.5. The van der Waals surface area contributed by atoms with Crippen LogP contribution >= 0.6 is 0 Å². The van der Waals surface area contributed by atoms with Crippen LogP contribution in [0, 0.1) is 16.2 Å². The Morgan fingerprint density at radius 2 is 0.680 bits per heavy atom. The van der Waals surface area contributed by atoms with Gasteiger partial charge >= 0.3 is 53.7 Å². The van der Waals surface area contributed by atoms with E-state index >= 15 is 0 Å². The second-order valence-electron chi connectivity index (χ2n) is 26.5. The SMILES string of the molecule is CC1(C)CCC(c2ccc(C(=O)O)c(NC(=O)c3cc(O)c(C(=O)Oc4cc(C(=O)Nc5cc(N6CCC(C)(C)CC6)ccc5C(=O)O)c(C(=O)O)cc4C(=O)O)cc3C(=O)Oc3cc(C(=O)Nc4cc(N5CCC(C)(C)CC5)ccc4C(=O)O)c(C(=O)O)cc3C(=O)O)c2)CC1. The Balaban J connectivity index is 1.12. The first-order valence-electron chi connectivity index (χ1n) is 30.7. The number of carboxylic acid groups (broad SMARTS) is 7. The Hall–Kier alpha value is -11.6. The van der Waals surface area contributed by atoms with Gasteiger partial charge in [-0.3, -0.25) is 14.4 Å². The summed E-state index contributed by atoms with van der Waals surface area (Å²) in [6.45, 7) is 14.8. The minimum absolute atomic E-state index is 0.000373. The molecule has 97 heavy (non-hydrogen) atoms. The van der Waals surface area contributed by atoms with Gasteiger partial charge in [0.1, 0.15) is 33.9 Å². The van der Waals surface area contributed by atoms with E-state index in [1.54, 1.807) is 6.07 Å². The molecular formula is C70H69N5O22. The highest BCUT2D eigenvalue weighted by molar-refractivity contribution is 6.18. The van der Waals surface area contributed by atoms with Crippen molar-refractivity contribution in [1.29, 1.82) is 0 Å². The first-order chi connectivity index (χ1) is 45.5. The summed E-state index contributed by atoms with van der Waals surface area (Å²) in [4.78, 5) is 166. The first-order valence-corrected chi connectivity index (χ1v) is 30.7. The minimum atomic E-state index is -1.97. The topological polar surface area (TPSA) is 428 Å². The van der Waals surface area contributed by atoms with Gasteiger partial charge in [-0.15, -0.1) is 0 Å². The number of nitrogens with one attached hydrogen (secondary N) is 3. The number of piperidine rings is 2. The van der Waals surface area contributed by atoms with E-state index in [1.165, 1.54) is 48.5 Å². The summed E-state index contributed by atoms with van der Waals surface area (Å²) in [6.07, 6.45) is 6.00. The predicted molar refractivity (Wildman–Crippen MR) is 348 cm³/mol. The van der Waals surface area contributed by atoms with Crippen LogP contribution < -0.4 is 35.2 Å². The number of carboxylic acids is 7. The molecule has 2 heterocycles. The molecule has 0 radical (unpaired) electrons. The van der Waals surface area contributed by atoms with Gasteiger partial charge in [-0.1, -0.05) is 47.6 Å². The van der Waals surface area contributed by atoms with Crippen LogP contribution in [0.5, 0.6) is 17.2 Å². The van der Waals surface area contributed by atoms with Gasteiger partial charge in [0.15, 0.2) is 0 Å². The van der Waals surface area contributed by atoms with Crippen LogP contribution in [-0.4, -0.2) is 138 Å². The lowest BCUT2D eigenvalue weighted by atomic mass is 9.71. The number of nitrogens with zero attached hydrogens (tertiary/aromatic N) is 2. The van der Waals surface area contributed by atoms with Crippen LogP contribution in [-0.2, 0) is 0 Å². The lowest BCUT2D eigenvalue weighted by Crippen LogP contribution is -2.37. The third-order valence-electron chi connectivity index (χ3n) is 18.1. The average molecular weight is 1330 g/mol. The van der Waals surface area contributed by atoms with Crippen LogP contribution in [0.4, 0.5) is 28.4 Å². The zero-order valence-electron chi connectivity index (χ0n) is 53.4. The second-order valence-corrected chi connectivity index (χ2v) is 26.5. The molecule has 9 rings (SSSR count). The highest BCUT2D eigenvalue weighted by Gasteiger charge is 2.35. The van der Waals surface area contributed by atoms with Crippen molar-refractivity contribution in [3.63, 3.8) is 0 Å². The number of carbonyl (C=O) groups is 12. The summed E-state index contributed by atoms with van der Waals surface area (Å²) in [6, 6.07) is 15.2. The van der Waals surface area contributed by atoms with Gasteiger partial charge in [-0.05, 0) is 164 Å². The van der Waals surface area contributed by atoms with Crippen molar-refractivity contribution >= 4 is 99.9 Å². The maximum atomic E-state index is 14.9. The number of benzene rings is 6. The van der Waals surface area contributed by atoms with Gasteiger partial charge < -0.3 is 76.1 Å². The van der Waals surface area contributed by atoms with Gasteiger partial charge in [-0.2, -0.15) is 0 Å². The van der Waals surface area contributed by atoms with Gasteiger partial charge in [0.25, 0.3) is 17.7 Å². The fourth-order valence-electron chi connectivity index (χ4n) is 12.0. The number of phenols is 1. The van der Waals surface area contributed by atoms with E-state index in [9.17, 15) is 98.4 Å². The molecule has 1 aliphatic carbocycles. The van der Waals surface area contributed by atoms with Gasteiger partial charge in [0.2, 0.25) is 0 Å². The van der Waals surface area contributed by atoms with Crippen LogP contribution in [0.3, 0.4) is 0 Å². The molecule has 11 N–H and O–H groups in total. The Morgan fingerprint density at radius 1 is 0.361 bits per heavy atom. The number of hydrogen-bond donors (Lipinski definition) is 11. The number of aromatic carboxylic acids is 7. The molecule has 3 aliphatic rings. The minimum Gasteiger partial charge on any atom is -0.507 e. The van der Waals surface area contributed by atoms with Crippen LogP contribution in [0.1, 0.15) is 229 Å². The molecule has 3 fully saturated rings. The monoisotopic (exact) mass is 1330 g/mol. The van der Waals surface area contributed by atoms with E-state index in [0.717, 1.165) is 38.5 Å². The number of amides is 3. The Kier molecular flexibility index (Phi) is 19.7. The number of ether oxygens (including phenoxy) is 2. The molecule has 2 saturated heterocycles. The molecular weight excluding hydrogens is 1260 g/mol. The average Bonchev–Trinajstić information content (AvgIpc) is 0.787. The summed E-state index contributed by atoms with van der Waals surface area (Å²) in [7, 11) is 0. The maximum absolute atomic E-state index is 14.9. The van der Waals surface area contributed by atoms with Crippen LogP contribution in [0.2, 0.25) is 0 Å². The second kappa shape index (κ2) is 27.4. The molecule has 27 nitrogen and oxygen atoms in total. The van der Waals surface area contributed by atoms with Gasteiger partial charge in [-0.25, -0.2) is 43.2 Å². The molecule has 0 unspecified atom stereocenters. The van der Waals surface area contributed by atoms with E-state index in [-0.39, 0.29) is 39.2 Å². The highest BCUT2D eigenvalue weighted by Crippen LogP contribution is 2.44. The lowest BCUT2D eigenvalue weighted by molar-refractivity contribution is 0.0658. The number of aromatic hydroxyl groups is 1. The Labute approximate surface area is 553 Å². The summed E-state index contributed by atoms with van der Waals surface area (Å²) < 4.78 is 11.1. The lowest BCUT2D eigenvalue weighted by Gasteiger charge is -2.38. The number of rotatable bonds is 20. The van der Waals surface area contributed by atoms with Crippen LogP contribution in [0.15, 0.2) is 91.0 Å². The van der Waals surface area contributed by atoms with Crippen molar-refractivity contribution in [2.24, 2.45) is 16.2 Å². The molecule has 0 bridgehead atoms. The molecule has 0 atom stereocenters. The van der Waals surface area contributed by atoms with Crippen LogP contribution in [0.25, 0.3) is 0 Å². The van der Waals surface area contributed by atoms with Crippen molar-refractivity contribution in [1.82, 2.24) is 0 Å². The molecule has 1 saturated carbocycles. The Morgan fingerprint density at radius 3 is 1.05 bits per heavy atom. The number of anilines is 5. The van der Waals surface area contributed by atoms with Crippen molar-refractivity contribution in [2.45, 2.75) is 98.8 Å². The molecule has 2 aliphatic heterocycles. The maximum Gasteiger partial charge on any atom is 0.347 e. The normalized spacial score (nSPS) is 15.6. The predicted octanol–water partition coefficient (Wildman–Crippen LogP) is 11.4. The van der Waals surface area contributed by atoms with Crippen molar-refractivity contribution < 1.29 is 108 Å². The molecule has 6 aromatic rings. The smallest absolute Gasteiger partial charge is 0.347 e. The van der Waals surface area contributed by atoms with E-state index in [1.807, 2.05) is 9.80 Å². The first kappa shape index (κ1) is 69.7. The number of esters is 2. The van der Waals surface area contributed by atoms with E-state index < -0.39 is 155 Å². The molecule has 3 amide bonds. The van der Waals surface area contributed by atoms with E-state index in [2.05, 4.69) is 57.5 Å². The summed E-state index contributed by atoms with van der Waals surface area (Å²) >= 11 is 0. The van der Waals surface area contributed by atoms with Crippen molar-refractivity contribution in [3.05, 3.63) is 163 Å². The van der Waals surface area contributed by atoms with Gasteiger partial charge in [0.05, 0.1) is 67.1 Å². The van der Waals surface area contributed by atoms with Crippen molar-refractivity contribution in [2.75, 3.05) is 51.9 Å². The summed E-state index contributed by atoms with van der Waals surface area (Å²) in [5.41, 5.74) is -9.83. The van der Waals surface area contributed by atoms with Gasteiger partial charge in [0, 0.05) is 37.6 Å². The molecule has 0 spiro atoms. The number of phenolic OH excluding ortho intramolecular Hbond substituents is 1. The fraction of sp³-hybridized carbons (Fsp3) is 0.314. The third-order valence-corrected chi connectivity index (χ3v) is 18.1. The quantitative estimate of drug-likeness (QED) is 0.0250. The number of carbonyl (C=O) groups excluding carboxylic acids is 5. The fourth-order valence-corrected chi connectivity index (χ4v) is 12.0. The summed E-state index contributed by atoms with van der Waals surface area (Å²) in [5, 5.41) is 91.0. The van der Waals surface area contributed by atoms with Crippen molar-refractivity contribution in [3.8, 4) is 17.2 Å². The third kappa shape index (κ3) is 15.6. The standard InChI is InChI=1S/C70H69N5O22/c1-68(2)15-13-34(14-16-68)35-7-10-38(59(80)81)50(25-35)71-56(77)41-31-53(76)47(67(95)97-55-33-43(45(63(88)89)29-49(55)65(92)93)58(79)73-52-27-37(9-12-40(52)61(84)85)75-23-19-70(5,6)20-24-75)30-46(41)66(94)96-54-32-42(44(62(86)87)28-48(54)64(90)91)57(78)72-51-26-36(8-11-39(51)60(82)83)74-21-17-69(3,4)18-22-74/h7-12,25-34,76H,13-24H2,1-6H3,(H,71,77)(H,72,78)(H,73,79)(H,80,81)(H,82,83)(H,84,85)(H,86,87)(H,88,89)(H,90,91)(H,92,93). The molecule has 0 aromatic heterocycles. The molecule has 27 heteroatoms. The Bertz CT molecular complexity index is 4330.